The first-order valence-corrected chi connectivity index (χ1v) is 9.90. The number of ether oxygens (including phenoxy) is 2. The minimum Gasteiger partial charge on any atom is -0.454 e. The van der Waals surface area contributed by atoms with Crippen LogP contribution >= 0.6 is 11.6 Å². The summed E-state index contributed by atoms with van der Waals surface area (Å²) in [6, 6.07) is 9.04. The van der Waals surface area contributed by atoms with Crippen molar-refractivity contribution in [1.82, 2.24) is 0 Å². The van der Waals surface area contributed by atoms with Crippen LogP contribution in [0.2, 0.25) is 5.02 Å². The number of hydrogen-bond acceptors (Lipinski definition) is 6. The van der Waals surface area contributed by atoms with E-state index in [1.807, 2.05) is 0 Å². The number of amides is 2. The molecule has 1 N–H and O–H groups in total. The third kappa shape index (κ3) is 3.19. The molecule has 27 heavy (non-hydrogen) atoms. The van der Waals surface area contributed by atoms with E-state index in [1.165, 1.54) is 18.2 Å². The number of sulfonamides is 1. The van der Waals surface area contributed by atoms with E-state index in [-0.39, 0.29) is 35.2 Å². The summed E-state index contributed by atoms with van der Waals surface area (Å²) in [6.45, 7) is 0.117. The topological polar surface area (TPSA) is 102 Å². The van der Waals surface area contributed by atoms with Crippen molar-refractivity contribution in [3.8, 4) is 11.5 Å². The molecule has 2 aromatic rings. The Hall–Kier alpha value is -2.78. The van der Waals surface area contributed by atoms with Gasteiger partial charge < -0.3 is 14.8 Å². The molecule has 1 fully saturated rings. The number of anilines is 2. The molecule has 0 aliphatic carbocycles. The Morgan fingerprint density at radius 2 is 1.89 bits per heavy atom. The second kappa shape index (κ2) is 6.43. The van der Waals surface area contributed by atoms with Gasteiger partial charge in [-0.05, 0) is 30.3 Å². The average Bonchev–Trinajstić information content (AvgIpc) is 3.19. The number of nitrogens with zero attached hydrogens (tertiary/aromatic N) is 1. The molecular weight excluding hydrogens is 396 g/mol. The summed E-state index contributed by atoms with van der Waals surface area (Å²) in [5, 5.41) is 2.75. The van der Waals surface area contributed by atoms with E-state index in [4.69, 9.17) is 21.1 Å². The number of fused-ring (bicyclic) bond motifs is 1. The summed E-state index contributed by atoms with van der Waals surface area (Å²) in [5.41, 5.74) is 0.602. The van der Waals surface area contributed by atoms with Crippen molar-refractivity contribution < 1.29 is 27.5 Å². The Kier molecular flexibility index (Phi) is 4.20. The van der Waals surface area contributed by atoms with Crippen molar-refractivity contribution in [3.63, 3.8) is 0 Å². The number of halogens is 1. The van der Waals surface area contributed by atoms with Gasteiger partial charge in [0, 0.05) is 23.7 Å². The molecule has 4 rings (SSSR count). The Bertz CT molecular complexity index is 1070. The summed E-state index contributed by atoms with van der Waals surface area (Å²) in [7, 11) is -3.78. The quantitative estimate of drug-likeness (QED) is 0.836. The highest BCUT2D eigenvalue weighted by Crippen LogP contribution is 2.35. The van der Waals surface area contributed by atoms with Gasteiger partial charge in [0.1, 0.15) is 0 Å². The highest BCUT2D eigenvalue weighted by molar-refractivity contribution is 7.94. The number of nitrogens with one attached hydrogen (secondary N) is 1. The van der Waals surface area contributed by atoms with Crippen molar-refractivity contribution in [3.05, 3.63) is 47.0 Å². The van der Waals surface area contributed by atoms with Crippen LogP contribution in [-0.2, 0) is 14.8 Å². The molecule has 0 aromatic heterocycles. The van der Waals surface area contributed by atoms with Gasteiger partial charge >= 0.3 is 0 Å². The third-order valence-electron chi connectivity index (χ3n) is 4.14. The molecule has 0 bridgehead atoms. The summed E-state index contributed by atoms with van der Waals surface area (Å²) >= 11 is 6.08. The summed E-state index contributed by atoms with van der Waals surface area (Å²) in [5.74, 6) is -0.255. The lowest BCUT2D eigenvalue weighted by Crippen LogP contribution is -2.29. The van der Waals surface area contributed by atoms with Gasteiger partial charge in [-0.1, -0.05) is 11.6 Å². The van der Waals surface area contributed by atoms with Gasteiger partial charge in [0.15, 0.2) is 11.5 Å². The summed E-state index contributed by atoms with van der Waals surface area (Å²) < 4.78 is 35.4. The lowest BCUT2D eigenvalue weighted by atomic mass is 10.1. The second-order valence-electron chi connectivity index (χ2n) is 5.91. The predicted molar refractivity (Wildman–Crippen MR) is 97.9 cm³/mol. The standard InChI is InChI=1S/C17H13ClN2O6S/c18-12-3-1-10(7-13(12)20-16(21)5-6-27(20,23)24)17(22)19-11-2-4-14-15(8-11)26-9-25-14/h1-4,7-8H,5-6,9H2,(H,19,22). The fraction of sp³-hybridized carbons (Fsp3) is 0.176. The van der Waals surface area contributed by atoms with Crippen LogP contribution in [0.5, 0.6) is 11.5 Å². The van der Waals surface area contributed by atoms with E-state index in [2.05, 4.69) is 5.32 Å². The fourth-order valence-corrected chi connectivity index (χ4v) is 4.56. The van der Waals surface area contributed by atoms with Crippen LogP contribution in [0, 0.1) is 0 Å². The van der Waals surface area contributed by atoms with Gasteiger partial charge in [0.25, 0.3) is 5.91 Å². The van der Waals surface area contributed by atoms with Crippen molar-refractivity contribution in [1.29, 1.82) is 0 Å². The molecular formula is C17H13ClN2O6S. The lowest BCUT2D eigenvalue weighted by molar-refractivity contribution is -0.116. The first kappa shape index (κ1) is 17.6. The molecule has 10 heteroatoms. The highest BCUT2D eigenvalue weighted by Gasteiger charge is 2.37. The molecule has 2 heterocycles. The van der Waals surface area contributed by atoms with Crippen LogP contribution in [0.15, 0.2) is 36.4 Å². The monoisotopic (exact) mass is 408 g/mol. The number of rotatable bonds is 3. The smallest absolute Gasteiger partial charge is 0.255 e. The van der Waals surface area contributed by atoms with Gasteiger partial charge in [-0.15, -0.1) is 0 Å². The van der Waals surface area contributed by atoms with Crippen LogP contribution < -0.4 is 19.1 Å². The normalized spacial score (nSPS) is 17.2. The maximum Gasteiger partial charge on any atom is 0.255 e. The lowest BCUT2D eigenvalue weighted by Gasteiger charge is -2.17. The number of benzene rings is 2. The van der Waals surface area contributed by atoms with E-state index in [0.717, 1.165) is 0 Å². The molecule has 2 aliphatic rings. The summed E-state index contributed by atoms with van der Waals surface area (Å²) in [4.78, 5) is 24.5. The zero-order chi connectivity index (χ0) is 19.2. The Balaban J connectivity index is 1.63. The minimum absolute atomic E-state index is 0.0301. The van der Waals surface area contributed by atoms with Crippen LogP contribution in [0.4, 0.5) is 11.4 Å². The van der Waals surface area contributed by atoms with Crippen LogP contribution in [0.25, 0.3) is 0 Å². The van der Waals surface area contributed by atoms with Crippen molar-refractivity contribution >= 4 is 44.8 Å². The zero-order valence-electron chi connectivity index (χ0n) is 13.8. The molecule has 2 aromatic carbocycles. The predicted octanol–water partition coefficient (Wildman–Crippen LogP) is 2.39. The minimum atomic E-state index is -3.78. The Labute approximate surface area is 159 Å². The first-order valence-electron chi connectivity index (χ1n) is 7.91. The largest absolute Gasteiger partial charge is 0.454 e. The maximum absolute atomic E-state index is 12.6. The van der Waals surface area contributed by atoms with Crippen LogP contribution in [0.3, 0.4) is 0 Å². The van der Waals surface area contributed by atoms with Crippen molar-refractivity contribution in [2.24, 2.45) is 0 Å². The summed E-state index contributed by atoms with van der Waals surface area (Å²) in [6.07, 6.45) is -0.119. The number of carbonyl (C=O) groups is 2. The van der Waals surface area contributed by atoms with Gasteiger partial charge in [0.05, 0.1) is 16.5 Å². The second-order valence-corrected chi connectivity index (χ2v) is 8.26. The van der Waals surface area contributed by atoms with Crippen LogP contribution in [-0.4, -0.2) is 32.8 Å². The van der Waals surface area contributed by atoms with Gasteiger partial charge in [0.2, 0.25) is 22.7 Å². The maximum atomic E-state index is 12.6. The SMILES string of the molecule is O=C(Nc1ccc2c(c1)OCO2)c1ccc(Cl)c(N2C(=O)CCS2(=O)=O)c1. The molecule has 140 valence electrons. The molecule has 2 amide bonds. The third-order valence-corrected chi connectivity index (χ3v) is 6.13. The molecule has 0 spiro atoms. The molecule has 8 nitrogen and oxygen atoms in total. The molecule has 0 saturated carbocycles. The molecule has 0 atom stereocenters. The van der Waals surface area contributed by atoms with E-state index < -0.39 is 21.8 Å². The van der Waals surface area contributed by atoms with Gasteiger partial charge in [-0.3, -0.25) is 9.59 Å². The molecule has 0 radical (unpaired) electrons. The fourth-order valence-electron chi connectivity index (χ4n) is 2.84. The van der Waals surface area contributed by atoms with Gasteiger partial charge in [-0.2, -0.15) is 0 Å². The van der Waals surface area contributed by atoms with Gasteiger partial charge in [-0.25, -0.2) is 12.7 Å². The highest BCUT2D eigenvalue weighted by atomic mass is 35.5. The molecule has 2 aliphatic heterocycles. The van der Waals surface area contributed by atoms with E-state index >= 15 is 0 Å². The van der Waals surface area contributed by atoms with Crippen molar-refractivity contribution in [2.75, 3.05) is 22.2 Å². The Morgan fingerprint density at radius 3 is 2.63 bits per heavy atom. The van der Waals surface area contributed by atoms with E-state index in [9.17, 15) is 18.0 Å². The molecule has 0 unspecified atom stereocenters. The first-order chi connectivity index (χ1) is 12.8. The number of carbonyl (C=O) groups excluding carboxylic acids is 2. The number of hydrogen-bond donors (Lipinski definition) is 1. The van der Waals surface area contributed by atoms with Crippen molar-refractivity contribution in [2.45, 2.75) is 6.42 Å². The average molecular weight is 409 g/mol. The van der Waals surface area contributed by atoms with E-state index in [0.29, 0.717) is 21.5 Å². The molecule has 1 saturated heterocycles. The zero-order valence-corrected chi connectivity index (χ0v) is 15.3. The van der Waals surface area contributed by atoms with E-state index in [1.54, 1.807) is 18.2 Å². The Morgan fingerprint density at radius 1 is 1.11 bits per heavy atom. The van der Waals surface area contributed by atoms with Crippen LogP contribution in [0.1, 0.15) is 16.8 Å².